The highest BCUT2D eigenvalue weighted by molar-refractivity contribution is 7.88. The third-order valence-electron chi connectivity index (χ3n) is 4.62. The maximum Gasteiger partial charge on any atom is 0.238 e. The van der Waals surface area contributed by atoms with Crippen molar-refractivity contribution in [2.24, 2.45) is 5.92 Å². The lowest BCUT2D eigenvalue weighted by atomic mass is 10.0. The smallest absolute Gasteiger partial charge is 0.238 e. The van der Waals surface area contributed by atoms with Crippen molar-refractivity contribution < 1.29 is 17.9 Å². The first-order valence-corrected chi connectivity index (χ1v) is 12.5. The van der Waals surface area contributed by atoms with Crippen LogP contribution in [0.2, 0.25) is 5.02 Å². The van der Waals surface area contributed by atoms with Crippen LogP contribution in [0.25, 0.3) is 0 Å². The number of amides is 1. The molecule has 0 saturated heterocycles. The van der Waals surface area contributed by atoms with Crippen molar-refractivity contribution in [3.8, 4) is 17.6 Å². The Hall–Kier alpha value is -2.53. The van der Waals surface area contributed by atoms with Gasteiger partial charge in [-0.05, 0) is 60.7 Å². The van der Waals surface area contributed by atoms with Crippen LogP contribution < -0.4 is 14.8 Å². The van der Waals surface area contributed by atoms with Crippen LogP contribution in [0.5, 0.6) is 5.75 Å². The van der Waals surface area contributed by atoms with Crippen molar-refractivity contribution in [3.05, 3.63) is 64.2 Å². The van der Waals surface area contributed by atoms with Gasteiger partial charge in [-0.25, -0.2) is 13.1 Å². The van der Waals surface area contributed by atoms with E-state index in [-0.39, 0.29) is 18.4 Å². The first kappa shape index (κ1) is 25.7. The summed E-state index contributed by atoms with van der Waals surface area (Å²) in [6.45, 7) is 6.21. The summed E-state index contributed by atoms with van der Waals surface area (Å²) in [5.41, 5.74) is 2.89. The molecule has 0 aliphatic rings. The van der Waals surface area contributed by atoms with Gasteiger partial charge in [-0.2, -0.15) is 0 Å². The molecule has 1 atom stereocenters. The number of aryl methyl sites for hydroxylation is 1. The standard InChI is InChI=1S/C24H29ClN2O4S/c1-17(2)23(27-32(4,29)30)24(28)26-14-13-20-9-12-22(18(3)16-20)31-15-5-6-19-7-10-21(25)11-8-19/h7-12,16-17,23,27H,13-15H2,1-4H3,(H,26,28)/t23-/m0/s1. The number of sulfonamides is 1. The normalized spacial score (nSPS) is 12.1. The monoisotopic (exact) mass is 476 g/mol. The molecule has 0 radical (unpaired) electrons. The Labute approximate surface area is 195 Å². The maximum atomic E-state index is 12.4. The van der Waals surface area contributed by atoms with Gasteiger partial charge in [0, 0.05) is 17.1 Å². The number of rotatable bonds is 9. The van der Waals surface area contributed by atoms with Gasteiger partial charge in [0.15, 0.2) is 0 Å². The molecule has 1 amide bonds. The summed E-state index contributed by atoms with van der Waals surface area (Å²) in [6.07, 6.45) is 1.66. The number of hydrogen-bond donors (Lipinski definition) is 2. The molecule has 0 fully saturated rings. The molecule has 0 unspecified atom stereocenters. The van der Waals surface area contributed by atoms with E-state index in [2.05, 4.69) is 21.9 Å². The van der Waals surface area contributed by atoms with E-state index < -0.39 is 16.1 Å². The quantitative estimate of drug-likeness (QED) is 0.544. The van der Waals surface area contributed by atoms with Crippen molar-refractivity contribution in [2.45, 2.75) is 33.2 Å². The van der Waals surface area contributed by atoms with Crippen molar-refractivity contribution >= 4 is 27.5 Å². The van der Waals surface area contributed by atoms with Gasteiger partial charge in [0.1, 0.15) is 18.4 Å². The van der Waals surface area contributed by atoms with E-state index in [1.807, 2.05) is 37.3 Å². The van der Waals surface area contributed by atoms with Crippen LogP contribution in [0.3, 0.4) is 0 Å². The van der Waals surface area contributed by atoms with Crippen molar-refractivity contribution in [1.29, 1.82) is 0 Å². The Morgan fingerprint density at radius 3 is 2.44 bits per heavy atom. The molecule has 6 nitrogen and oxygen atoms in total. The Kier molecular flexibility index (Phi) is 9.58. The lowest BCUT2D eigenvalue weighted by molar-refractivity contribution is -0.123. The van der Waals surface area contributed by atoms with E-state index in [4.69, 9.17) is 16.3 Å². The number of hydrogen-bond acceptors (Lipinski definition) is 4. The SMILES string of the molecule is Cc1cc(CCNC(=O)[C@@H](NS(C)(=O)=O)C(C)C)ccc1OCC#Cc1ccc(Cl)cc1. The lowest BCUT2D eigenvalue weighted by Gasteiger charge is -2.20. The summed E-state index contributed by atoms with van der Waals surface area (Å²) < 4.78 is 31.1. The van der Waals surface area contributed by atoms with Crippen LogP contribution in [-0.4, -0.2) is 39.8 Å². The minimum Gasteiger partial charge on any atom is -0.481 e. The lowest BCUT2D eigenvalue weighted by Crippen LogP contribution is -2.49. The average molecular weight is 477 g/mol. The summed E-state index contributed by atoms with van der Waals surface area (Å²) >= 11 is 5.86. The first-order chi connectivity index (χ1) is 15.0. The van der Waals surface area contributed by atoms with Crippen LogP contribution in [0.4, 0.5) is 0 Å². The molecule has 0 aliphatic heterocycles. The highest BCUT2D eigenvalue weighted by Gasteiger charge is 2.24. The zero-order valence-electron chi connectivity index (χ0n) is 18.7. The molecule has 0 heterocycles. The molecular weight excluding hydrogens is 448 g/mol. The van der Waals surface area contributed by atoms with E-state index >= 15 is 0 Å². The predicted octanol–water partition coefficient (Wildman–Crippen LogP) is 3.31. The molecule has 0 aliphatic carbocycles. The second kappa shape index (κ2) is 11.9. The second-order valence-corrected chi connectivity index (χ2v) is 10.1. The summed E-state index contributed by atoms with van der Waals surface area (Å²) in [5, 5.41) is 3.48. The van der Waals surface area contributed by atoms with E-state index in [9.17, 15) is 13.2 Å². The van der Waals surface area contributed by atoms with Gasteiger partial charge in [-0.15, -0.1) is 0 Å². The zero-order valence-corrected chi connectivity index (χ0v) is 20.3. The summed E-state index contributed by atoms with van der Waals surface area (Å²) in [5.74, 6) is 6.27. The van der Waals surface area contributed by atoms with Crippen molar-refractivity contribution in [1.82, 2.24) is 10.0 Å². The minimum atomic E-state index is -3.47. The van der Waals surface area contributed by atoms with Gasteiger partial charge in [0.2, 0.25) is 15.9 Å². The molecular formula is C24H29ClN2O4S. The molecule has 32 heavy (non-hydrogen) atoms. The van der Waals surface area contributed by atoms with Gasteiger partial charge >= 0.3 is 0 Å². The molecule has 0 bridgehead atoms. The largest absolute Gasteiger partial charge is 0.481 e. The number of carbonyl (C=O) groups excluding carboxylic acids is 1. The van der Waals surface area contributed by atoms with Crippen molar-refractivity contribution in [2.75, 3.05) is 19.4 Å². The molecule has 2 aromatic carbocycles. The van der Waals surface area contributed by atoms with Crippen LogP contribution in [0.1, 0.15) is 30.5 Å². The van der Waals surface area contributed by atoms with Gasteiger partial charge in [0.25, 0.3) is 0 Å². The fraction of sp³-hybridized carbons (Fsp3) is 0.375. The number of carbonyl (C=O) groups is 1. The number of halogens is 1. The topological polar surface area (TPSA) is 84.5 Å². The molecule has 2 aromatic rings. The molecule has 2 rings (SSSR count). The summed E-state index contributed by atoms with van der Waals surface area (Å²) in [7, 11) is -3.47. The zero-order chi connectivity index (χ0) is 23.7. The van der Waals surface area contributed by atoms with E-state index in [0.29, 0.717) is 18.0 Å². The Morgan fingerprint density at radius 2 is 1.84 bits per heavy atom. The molecule has 2 N–H and O–H groups in total. The average Bonchev–Trinajstić information content (AvgIpc) is 2.71. The molecule has 8 heteroatoms. The minimum absolute atomic E-state index is 0.161. The molecule has 0 spiro atoms. The van der Waals surface area contributed by atoms with Crippen LogP contribution in [-0.2, 0) is 21.2 Å². The van der Waals surface area contributed by atoms with E-state index in [1.165, 1.54) is 0 Å². The van der Waals surface area contributed by atoms with Crippen LogP contribution in [0.15, 0.2) is 42.5 Å². The number of nitrogens with one attached hydrogen (secondary N) is 2. The summed E-state index contributed by atoms with van der Waals surface area (Å²) in [6, 6.07) is 12.3. The third-order valence-corrected chi connectivity index (χ3v) is 5.55. The number of ether oxygens (including phenoxy) is 1. The first-order valence-electron chi connectivity index (χ1n) is 10.3. The van der Waals surface area contributed by atoms with Crippen molar-refractivity contribution in [3.63, 3.8) is 0 Å². The van der Waals surface area contributed by atoms with Crippen LogP contribution >= 0.6 is 11.6 Å². The fourth-order valence-electron chi connectivity index (χ4n) is 2.98. The Bertz CT molecular complexity index is 1090. The molecule has 172 valence electrons. The van der Waals surface area contributed by atoms with Gasteiger partial charge in [-0.1, -0.05) is 49.4 Å². The fourth-order valence-corrected chi connectivity index (χ4v) is 3.94. The Balaban J connectivity index is 1.85. The highest BCUT2D eigenvalue weighted by Crippen LogP contribution is 2.19. The maximum absolute atomic E-state index is 12.4. The molecule has 0 saturated carbocycles. The van der Waals surface area contributed by atoms with E-state index in [1.54, 1.807) is 26.0 Å². The number of benzene rings is 2. The van der Waals surface area contributed by atoms with E-state index in [0.717, 1.165) is 28.7 Å². The van der Waals surface area contributed by atoms with Gasteiger partial charge in [0.05, 0.1) is 6.26 Å². The molecule has 0 aromatic heterocycles. The predicted molar refractivity (Wildman–Crippen MR) is 128 cm³/mol. The van der Waals surface area contributed by atoms with Gasteiger partial charge < -0.3 is 10.1 Å². The van der Waals surface area contributed by atoms with Gasteiger partial charge in [-0.3, -0.25) is 4.79 Å². The Morgan fingerprint density at radius 1 is 1.16 bits per heavy atom. The second-order valence-electron chi connectivity index (χ2n) is 7.85. The third kappa shape index (κ3) is 8.91. The van der Waals surface area contributed by atoms with Crippen LogP contribution in [0, 0.1) is 24.7 Å². The summed E-state index contributed by atoms with van der Waals surface area (Å²) in [4.78, 5) is 12.4. The highest BCUT2D eigenvalue weighted by atomic mass is 35.5.